The first-order valence-corrected chi connectivity index (χ1v) is 5.57. The summed E-state index contributed by atoms with van der Waals surface area (Å²) in [6, 6.07) is 0. The van der Waals surface area contributed by atoms with Gasteiger partial charge < -0.3 is 38.5 Å². The molecular formula is C4H6NNa3NiO8P2. The molecule has 0 aliphatic heterocycles. The minimum Gasteiger partial charge on any atom is -0.820 e. The van der Waals surface area contributed by atoms with Crippen LogP contribution in [0.1, 0.15) is 0 Å². The summed E-state index contributed by atoms with van der Waals surface area (Å²) in [5.74, 6) is -1.52. The van der Waals surface area contributed by atoms with E-state index in [1.165, 1.54) is 0 Å². The SMILES string of the molecule is O=C([O-])CN(COP([O-])[O-])COP([O-])[O-].[Na+].[Na+].[Na+].[Ni+2]. The Morgan fingerprint density at radius 1 is 0.947 bits per heavy atom. The van der Waals surface area contributed by atoms with E-state index in [4.69, 9.17) is 0 Å². The van der Waals surface area contributed by atoms with E-state index >= 15 is 0 Å². The zero-order valence-electron chi connectivity index (χ0n) is 10.5. The van der Waals surface area contributed by atoms with E-state index in [9.17, 15) is 29.5 Å². The molecule has 0 fully saturated rings. The molecule has 0 saturated carbocycles. The maximum Gasteiger partial charge on any atom is 2.00 e. The molecule has 0 aromatic carbocycles. The first-order valence-electron chi connectivity index (χ1n) is 3.38. The van der Waals surface area contributed by atoms with Crippen molar-refractivity contribution >= 4 is 23.2 Å². The molecule has 9 nitrogen and oxygen atoms in total. The second-order valence-corrected chi connectivity index (χ2v) is 3.58. The van der Waals surface area contributed by atoms with Gasteiger partial charge in [0, 0.05) is 6.54 Å². The number of aliphatic carboxylic acids is 1. The van der Waals surface area contributed by atoms with E-state index < -0.39 is 43.2 Å². The number of carbonyl (C=O) groups excluding carboxylic acids is 1. The molecule has 0 N–H and O–H groups in total. The molecule has 19 heavy (non-hydrogen) atoms. The number of nitrogens with zero attached hydrogens (tertiary/aromatic N) is 1. The summed E-state index contributed by atoms with van der Waals surface area (Å²) in [7, 11) is -6.29. The second kappa shape index (κ2) is 21.5. The molecular weight excluding hydrogens is 380 g/mol. The molecule has 0 atom stereocenters. The van der Waals surface area contributed by atoms with Crippen molar-refractivity contribution in [3.05, 3.63) is 0 Å². The van der Waals surface area contributed by atoms with E-state index in [1.807, 2.05) is 0 Å². The number of hydrogen-bond acceptors (Lipinski definition) is 9. The van der Waals surface area contributed by atoms with Gasteiger partial charge in [0.25, 0.3) is 0 Å². The summed E-state index contributed by atoms with van der Waals surface area (Å²) in [6.45, 7) is -1.97. The van der Waals surface area contributed by atoms with Gasteiger partial charge in [-0.05, 0) is 0 Å². The van der Waals surface area contributed by atoms with Crippen LogP contribution in [0.2, 0.25) is 0 Å². The van der Waals surface area contributed by atoms with Crippen molar-refractivity contribution in [3.8, 4) is 0 Å². The summed E-state index contributed by atoms with van der Waals surface area (Å²) in [6.07, 6.45) is 0. The summed E-state index contributed by atoms with van der Waals surface area (Å²) in [5, 5.41) is 10.1. The third-order valence-corrected chi connectivity index (χ3v) is 1.70. The Bertz CT molecular complexity index is 195. The summed E-state index contributed by atoms with van der Waals surface area (Å²) in [5.41, 5.74) is 0. The predicted octanol–water partition coefficient (Wildman–Crippen LogP) is -14.1. The molecule has 0 rings (SSSR count). The van der Waals surface area contributed by atoms with E-state index in [0.717, 1.165) is 4.90 Å². The van der Waals surface area contributed by atoms with Gasteiger partial charge in [-0.2, -0.15) is 17.2 Å². The molecule has 98 valence electrons. The molecule has 0 aliphatic rings. The largest absolute Gasteiger partial charge is 2.00 e. The number of carbonyl (C=O) groups is 1. The number of hydrogen-bond donors (Lipinski definition) is 0. The Labute approximate surface area is 189 Å². The van der Waals surface area contributed by atoms with Gasteiger partial charge in [-0.15, -0.1) is 0 Å². The normalized spacial score (nSPS) is 9.21. The van der Waals surface area contributed by atoms with Crippen LogP contribution in [-0.2, 0) is 30.3 Å². The van der Waals surface area contributed by atoms with Gasteiger partial charge >= 0.3 is 105 Å². The minimum absolute atomic E-state index is 0. The molecule has 0 amide bonds. The van der Waals surface area contributed by atoms with Gasteiger partial charge in [-0.3, -0.25) is 4.90 Å². The van der Waals surface area contributed by atoms with Crippen LogP contribution >= 0.6 is 17.2 Å². The molecule has 0 heterocycles. The molecule has 15 heteroatoms. The molecule has 0 bridgehead atoms. The van der Waals surface area contributed by atoms with Crippen molar-refractivity contribution in [2.45, 2.75) is 0 Å². The van der Waals surface area contributed by atoms with Crippen LogP contribution in [0, 0.1) is 0 Å². The summed E-state index contributed by atoms with van der Waals surface area (Å²) >= 11 is 0. The van der Waals surface area contributed by atoms with Crippen molar-refractivity contribution in [3.63, 3.8) is 0 Å². The summed E-state index contributed by atoms with van der Waals surface area (Å²) in [4.78, 5) is 50.9. The average molecular weight is 386 g/mol. The van der Waals surface area contributed by atoms with Crippen LogP contribution in [0.5, 0.6) is 0 Å². The molecule has 0 aromatic heterocycles. The Hall–Kier alpha value is 3.54. The monoisotopic (exact) mass is 385 g/mol. The third-order valence-electron chi connectivity index (χ3n) is 1.04. The number of rotatable bonds is 8. The fourth-order valence-electron chi connectivity index (χ4n) is 0.569. The molecule has 0 spiro atoms. The van der Waals surface area contributed by atoms with E-state index in [0.29, 0.717) is 0 Å². The van der Waals surface area contributed by atoms with E-state index in [-0.39, 0.29) is 105 Å². The minimum atomic E-state index is -3.15. The first kappa shape index (κ1) is 34.0. The number of carboxylic acids is 1. The summed E-state index contributed by atoms with van der Waals surface area (Å²) < 4.78 is 8.10. The standard InChI is InChI=1S/C4H7NO8P2.3Na.Ni/c6-4(7)1-5(2-12-14(8)9)3-13-15(10)11;;;;/h1-3H2,(H,6,7);;;;/q-4;3*+1;+2/p-1. The van der Waals surface area contributed by atoms with Gasteiger partial charge in [-0.25, -0.2) is 0 Å². The Balaban J connectivity index is -0.000000163. The van der Waals surface area contributed by atoms with Gasteiger partial charge in [0.15, 0.2) is 0 Å². The van der Waals surface area contributed by atoms with Crippen molar-refractivity contribution in [1.82, 2.24) is 4.90 Å². The number of carboxylic acid groups (broad SMARTS) is 1. The molecule has 0 aliphatic carbocycles. The van der Waals surface area contributed by atoms with Gasteiger partial charge in [0.05, 0.1) is 5.97 Å². The van der Waals surface area contributed by atoms with E-state index in [1.54, 1.807) is 0 Å². The zero-order valence-corrected chi connectivity index (χ0v) is 19.3. The zero-order chi connectivity index (χ0) is 11.8. The quantitative estimate of drug-likeness (QED) is 0.225. The van der Waals surface area contributed by atoms with Gasteiger partial charge in [0.1, 0.15) is 13.5 Å². The van der Waals surface area contributed by atoms with Crippen LogP contribution in [-0.4, -0.2) is 30.9 Å². The topological polar surface area (TPSA) is 154 Å². The Kier molecular flexibility index (Phi) is 38.5. The van der Waals surface area contributed by atoms with Gasteiger partial charge in [-0.1, -0.05) is 0 Å². The fourth-order valence-corrected chi connectivity index (χ4v) is 1.08. The van der Waals surface area contributed by atoms with Crippen molar-refractivity contribution in [1.29, 1.82) is 0 Å². The molecule has 0 saturated heterocycles. The fraction of sp³-hybridized carbons (Fsp3) is 0.750. The van der Waals surface area contributed by atoms with Crippen molar-refractivity contribution < 1.29 is 144 Å². The van der Waals surface area contributed by atoms with Gasteiger partial charge in [0.2, 0.25) is 0 Å². The van der Waals surface area contributed by atoms with Crippen molar-refractivity contribution in [2.24, 2.45) is 0 Å². The Morgan fingerprint density at radius 3 is 1.47 bits per heavy atom. The molecule has 0 unspecified atom stereocenters. The third kappa shape index (κ3) is 26.7. The Morgan fingerprint density at radius 2 is 1.26 bits per heavy atom. The first-order chi connectivity index (χ1) is 6.91. The van der Waals surface area contributed by atoms with Crippen LogP contribution < -0.4 is 113 Å². The van der Waals surface area contributed by atoms with E-state index in [2.05, 4.69) is 9.05 Å². The maximum absolute atomic E-state index is 10.1. The van der Waals surface area contributed by atoms with Crippen LogP contribution in [0.4, 0.5) is 0 Å². The molecule has 0 aromatic rings. The average Bonchev–Trinajstić information content (AvgIpc) is 2.08. The smallest absolute Gasteiger partial charge is 0.820 e. The predicted molar refractivity (Wildman–Crippen MR) is 37.5 cm³/mol. The van der Waals surface area contributed by atoms with Crippen molar-refractivity contribution in [2.75, 3.05) is 20.0 Å². The second-order valence-electron chi connectivity index (χ2n) is 2.16. The maximum atomic E-state index is 10.1. The van der Waals surface area contributed by atoms with Crippen LogP contribution in [0.25, 0.3) is 0 Å². The van der Waals surface area contributed by atoms with Crippen LogP contribution in [0.3, 0.4) is 0 Å². The molecule has 0 radical (unpaired) electrons. The van der Waals surface area contributed by atoms with Crippen LogP contribution in [0.15, 0.2) is 0 Å².